The van der Waals surface area contributed by atoms with E-state index in [9.17, 15) is 28.4 Å². The number of hydrogen-bond donors (Lipinski definition) is 1. The Bertz CT molecular complexity index is 2140. The monoisotopic (exact) mass is 632 g/mol. The maximum Gasteiger partial charge on any atom is 0.318 e. The molecule has 5 aromatic carbocycles. The third kappa shape index (κ3) is 6.44. The van der Waals surface area contributed by atoms with E-state index < -0.39 is 27.5 Å². The highest BCUT2D eigenvalue weighted by Crippen LogP contribution is 2.37. The van der Waals surface area contributed by atoms with Gasteiger partial charge in [-0.1, -0.05) is 97.1 Å². The van der Waals surface area contributed by atoms with Gasteiger partial charge in [-0.15, -0.1) is 0 Å². The number of nitro benzene ring substituents is 1. The SMILES string of the molecule is O=C(O)CN(Cc1cccc([N+](=O)[O-])c1)S(=O)(=O)c1ccc(-c2ccc(-c3c(Cc4ccccc4)oc4ccccc34)cc2)cc1. The Hall–Kier alpha value is -5.58. The summed E-state index contributed by atoms with van der Waals surface area (Å²) < 4.78 is 34.1. The van der Waals surface area contributed by atoms with Crippen LogP contribution in [0.4, 0.5) is 5.69 Å². The molecule has 1 heterocycles. The van der Waals surface area contributed by atoms with Crippen molar-refractivity contribution in [2.75, 3.05) is 6.54 Å². The number of para-hydroxylation sites is 1. The molecule has 9 nitrogen and oxygen atoms in total. The minimum atomic E-state index is -4.24. The van der Waals surface area contributed by atoms with Gasteiger partial charge in [0, 0.05) is 36.0 Å². The molecule has 0 aliphatic rings. The molecular weight excluding hydrogens is 604 g/mol. The number of non-ortho nitro benzene ring substituents is 1. The first-order valence-corrected chi connectivity index (χ1v) is 15.8. The summed E-state index contributed by atoms with van der Waals surface area (Å²) >= 11 is 0. The quantitative estimate of drug-likeness (QED) is 0.115. The molecule has 1 N–H and O–H groups in total. The van der Waals surface area contributed by atoms with Gasteiger partial charge in [-0.2, -0.15) is 4.31 Å². The topological polar surface area (TPSA) is 131 Å². The molecule has 0 fully saturated rings. The van der Waals surface area contributed by atoms with Crippen molar-refractivity contribution in [2.45, 2.75) is 17.9 Å². The van der Waals surface area contributed by atoms with Gasteiger partial charge in [-0.3, -0.25) is 14.9 Å². The average molecular weight is 633 g/mol. The van der Waals surface area contributed by atoms with Crippen LogP contribution in [-0.2, 0) is 27.8 Å². The predicted octanol–water partition coefficient (Wildman–Crippen LogP) is 7.54. The number of furan rings is 1. The normalized spacial score (nSPS) is 11.6. The van der Waals surface area contributed by atoms with E-state index in [1.54, 1.807) is 12.1 Å². The lowest BCUT2D eigenvalue weighted by atomic mass is 9.96. The highest BCUT2D eigenvalue weighted by molar-refractivity contribution is 7.89. The first-order valence-electron chi connectivity index (χ1n) is 14.4. The Morgan fingerprint density at radius 2 is 1.37 bits per heavy atom. The molecule has 0 radical (unpaired) electrons. The molecule has 10 heteroatoms. The molecule has 1 aromatic heterocycles. The molecule has 0 spiro atoms. The van der Waals surface area contributed by atoms with E-state index in [1.807, 2.05) is 66.7 Å². The third-order valence-corrected chi connectivity index (χ3v) is 9.47. The zero-order chi connectivity index (χ0) is 32.3. The lowest BCUT2D eigenvalue weighted by molar-refractivity contribution is -0.384. The summed E-state index contributed by atoms with van der Waals surface area (Å²) in [6.07, 6.45) is 0.641. The highest BCUT2D eigenvalue weighted by atomic mass is 32.2. The molecule has 46 heavy (non-hydrogen) atoms. The second kappa shape index (κ2) is 12.8. The minimum Gasteiger partial charge on any atom is -0.480 e. The van der Waals surface area contributed by atoms with Crippen LogP contribution >= 0.6 is 0 Å². The van der Waals surface area contributed by atoms with Crippen LogP contribution in [0.25, 0.3) is 33.2 Å². The van der Waals surface area contributed by atoms with Crippen LogP contribution in [-0.4, -0.2) is 35.3 Å². The standard InChI is InChI=1S/C36H28N2O7S/c39-35(40)24-37(23-26-9-6-10-30(21-26)38(41)42)46(43,44)31-19-17-28(18-20-31)27-13-15-29(16-14-27)36-32-11-4-5-12-33(32)45-34(36)22-25-7-2-1-3-8-25/h1-21H,22-24H2,(H,39,40). The van der Waals surface area contributed by atoms with E-state index in [0.29, 0.717) is 12.0 Å². The van der Waals surface area contributed by atoms with Crippen LogP contribution in [0.2, 0.25) is 0 Å². The van der Waals surface area contributed by atoms with Crippen LogP contribution in [0.1, 0.15) is 16.9 Å². The Morgan fingerprint density at radius 1 is 0.761 bits per heavy atom. The fourth-order valence-corrected chi connectivity index (χ4v) is 6.84. The predicted molar refractivity (Wildman–Crippen MR) is 175 cm³/mol. The van der Waals surface area contributed by atoms with Gasteiger partial charge < -0.3 is 9.52 Å². The number of hydrogen-bond acceptors (Lipinski definition) is 6. The molecule has 0 atom stereocenters. The van der Waals surface area contributed by atoms with Crippen molar-refractivity contribution < 1.29 is 27.7 Å². The summed E-state index contributed by atoms with van der Waals surface area (Å²) in [6.45, 7) is -1.14. The molecule has 0 unspecified atom stereocenters. The largest absolute Gasteiger partial charge is 0.480 e. The van der Waals surface area contributed by atoms with Crippen molar-refractivity contribution in [3.05, 3.63) is 154 Å². The van der Waals surface area contributed by atoms with Gasteiger partial charge in [-0.05, 0) is 46.0 Å². The summed E-state index contributed by atoms with van der Waals surface area (Å²) in [5.41, 5.74) is 5.69. The molecule has 0 aliphatic carbocycles. The molecule has 0 aliphatic heterocycles. The van der Waals surface area contributed by atoms with Gasteiger partial charge in [0.1, 0.15) is 17.9 Å². The number of benzene rings is 5. The Labute approximate surface area is 265 Å². The number of carboxylic acid groups (broad SMARTS) is 1. The van der Waals surface area contributed by atoms with Gasteiger partial charge in [0.25, 0.3) is 5.69 Å². The van der Waals surface area contributed by atoms with E-state index in [1.165, 1.54) is 36.4 Å². The van der Waals surface area contributed by atoms with E-state index in [2.05, 4.69) is 12.1 Å². The Kier molecular flexibility index (Phi) is 8.47. The van der Waals surface area contributed by atoms with Gasteiger partial charge in [-0.25, -0.2) is 8.42 Å². The second-order valence-corrected chi connectivity index (χ2v) is 12.7. The van der Waals surface area contributed by atoms with Crippen molar-refractivity contribution in [2.24, 2.45) is 0 Å². The molecule has 230 valence electrons. The highest BCUT2D eigenvalue weighted by Gasteiger charge is 2.27. The van der Waals surface area contributed by atoms with Crippen LogP contribution in [0.5, 0.6) is 0 Å². The summed E-state index contributed by atoms with van der Waals surface area (Å²) in [6, 6.07) is 37.7. The molecule has 0 bridgehead atoms. The van der Waals surface area contributed by atoms with Crippen LogP contribution in [0.3, 0.4) is 0 Å². The average Bonchev–Trinajstić information content (AvgIpc) is 3.42. The van der Waals surface area contributed by atoms with E-state index in [0.717, 1.165) is 48.9 Å². The fraction of sp³-hybridized carbons (Fsp3) is 0.0833. The first-order chi connectivity index (χ1) is 22.2. The molecule has 0 saturated carbocycles. The number of rotatable bonds is 11. The van der Waals surface area contributed by atoms with Gasteiger partial charge >= 0.3 is 5.97 Å². The minimum absolute atomic E-state index is 0.0880. The second-order valence-electron chi connectivity index (χ2n) is 10.8. The molecule has 6 rings (SSSR count). The lowest BCUT2D eigenvalue weighted by Crippen LogP contribution is -2.35. The third-order valence-electron chi connectivity index (χ3n) is 7.67. The van der Waals surface area contributed by atoms with Crippen molar-refractivity contribution in [3.63, 3.8) is 0 Å². The Balaban J connectivity index is 1.26. The number of nitro groups is 1. The zero-order valence-corrected chi connectivity index (χ0v) is 25.3. The van der Waals surface area contributed by atoms with Crippen molar-refractivity contribution in [1.82, 2.24) is 4.31 Å². The first kappa shape index (κ1) is 30.4. The maximum absolute atomic E-state index is 13.5. The van der Waals surface area contributed by atoms with Crippen LogP contribution in [0.15, 0.2) is 137 Å². The lowest BCUT2D eigenvalue weighted by Gasteiger charge is -2.20. The number of aliphatic carboxylic acids is 1. The summed E-state index contributed by atoms with van der Waals surface area (Å²) in [5.74, 6) is -0.478. The fourth-order valence-electron chi connectivity index (χ4n) is 5.46. The van der Waals surface area contributed by atoms with Gasteiger partial charge in [0.05, 0.1) is 9.82 Å². The number of sulfonamides is 1. The number of fused-ring (bicyclic) bond motifs is 1. The van der Waals surface area contributed by atoms with Gasteiger partial charge in [0.2, 0.25) is 10.0 Å². The van der Waals surface area contributed by atoms with Crippen molar-refractivity contribution in [3.8, 4) is 22.3 Å². The summed E-state index contributed by atoms with van der Waals surface area (Å²) in [7, 11) is -4.24. The smallest absolute Gasteiger partial charge is 0.318 e. The molecular formula is C36H28N2O7S. The van der Waals surface area contributed by atoms with E-state index >= 15 is 0 Å². The molecule has 6 aromatic rings. The number of carboxylic acids is 1. The van der Waals surface area contributed by atoms with Crippen molar-refractivity contribution in [1.29, 1.82) is 0 Å². The summed E-state index contributed by atoms with van der Waals surface area (Å²) in [5, 5.41) is 21.6. The number of carbonyl (C=O) groups is 1. The van der Waals surface area contributed by atoms with Gasteiger partial charge in [0.15, 0.2) is 0 Å². The van der Waals surface area contributed by atoms with Crippen LogP contribution in [0, 0.1) is 10.1 Å². The Morgan fingerprint density at radius 3 is 2.04 bits per heavy atom. The van der Waals surface area contributed by atoms with E-state index in [-0.39, 0.29) is 17.1 Å². The van der Waals surface area contributed by atoms with Crippen LogP contribution < -0.4 is 0 Å². The molecule has 0 saturated heterocycles. The number of nitrogens with zero attached hydrogens (tertiary/aromatic N) is 2. The van der Waals surface area contributed by atoms with Crippen molar-refractivity contribution >= 4 is 32.6 Å². The zero-order valence-electron chi connectivity index (χ0n) is 24.4. The van der Waals surface area contributed by atoms with E-state index in [4.69, 9.17) is 4.42 Å². The molecule has 0 amide bonds. The maximum atomic E-state index is 13.5. The summed E-state index contributed by atoms with van der Waals surface area (Å²) in [4.78, 5) is 22.1.